The van der Waals surface area contributed by atoms with E-state index < -0.39 is 97.5 Å². The highest BCUT2D eigenvalue weighted by molar-refractivity contribution is 7.47. The molecule has 0 aliphatic heterocycles. The molecule has 0 bridgehead atoms. The van der Waals surface area contributed by atoms with Gasteiger partial charge in [0, 0.05) is 25.7 Å². The molecule has 2 unspecified atom stereocenters. The van der Waals surface area contributed by atoms with Crippen molar-refractivity contribution in [3.63, 3.8) is 0 Å². The van der Waals surface area contributed by atoms with Crippen molar-refractivity contribution in [3.8, 4) is 0 Å². The summed E-state index contributed by atoms with van der Waals surface area (Å²) in [6, 6.07) is 0. The smallest absolute Gasteiger partial charge is 0.462 e. The number of phosphoric ester groups is 2. The van der Waals surface area contributed by atoms with Crippen LogP contribution in [0.2, 0.25) is 0 Å². The molecule has 91 heavy (non-hydrogen) atoms. The van der Waals surface area contributed by atoms with E-state index in [9.17, 15) is 43.2 Å². The third kappa shape index (κ3) is 66.5. The lowest BCUT2D eigenvalue weighted by Gasteiger charge is -2.21. The fourth-order valence-electron chi connectivity index (χ4n) is 10.9. The van der Waals surface area contributed by atoms with Gasteiger partial charge in [0.1, 0.15) is 19.3 Å². The molecule has 5 atom stereocenters. The van der Waals surface area contributed by atoms with Crippen molar-refractivity contribution in [1.29, 1.82) is 0 Å². The van der Waals surface area contributed by atoms with Crippen LogP contribution in [0.1, 0.15) is 369 Å². The molecule has 19 heteroatoms. The molecule has 0 spiro atoms. The van der Waals surface area contributed by atoms with Crippen molar-refractivity contribution < 1.29 is 80.2 Å². The second-order valence-corrected chi connectivity index (χ2v) is 29.8. The van der Waals surface area contributed by atoms with Gasteiger partial charge < -0.3 is 33.8 Å². The van der Waals surface area contributed by atoms with Crippen molar-refractivity contribution >= 4 is 39.5 Å². The molecule has 540 valence electrons. The number of ether oxygens (including phenoxy) is 4. The minimum Gasteiger partial charge on any atom is -0.462 e. The van der Waals surface area contributed by atoms with Gasteiger partial charge in [-0.05, 0) is 37.5 Å². The fraction of sp³-hybridized carbons (Fsp3) is 0.944. The van der Waals surface area contributed by atoms with Gasteiger partial charge in [-0.3, -0.25) is 37.3 Å². The highest BCUT2D eigenvalue weighted by Gasteiger charge is 2.30. The summed E-state index contributed by atoms with van der Waals surface area (Å²) < 4.78 is 68.3. The van der Waals surface area contributed by atoms with Crippen molar-refractivity contribution in [2.24, 2.45) is 11.8 Å². The Morgan fingerprint density at radius 3 is 0.747 bits per heavy atom. The normalized spacial score (nSPS) is 14.1. The molecular weight excluding hydrogens is 1200 g/mol. The highest BCUT2D eigenvalue weighted by Crippen LogP contribution is 2.45. The van der Waals surface area contributed by atoms with Crippen molar-refractivity contribution in [3.05, 3.63) is 0 Å². The molecular formula is C72H140O17P2. The number of unbranched alkanes of at least 4 members (excludes halogenated alkanes) is 41. The lowest BCUT2D eigenvalue weighted by molar-refractivity contribution is -0.161. The number of aliphatic hydroxyl groups is 1. The predicted molar refractivity (Wildman–Crippen MR) is 368 cm³/mol. The first-order valence-corrected chi connectivity index (χ1v) is 40.5. The summed E-state index contributed by atoms with van der Waals surface area (Å²) in [6.07, 6.45) is 49.8. The monoisotopic (exact) mass is 1340 g/mol. The minimum absolute atomic E-state index is 0.107. The average Bonchev–Trinajstić information content (AvgIpc) is 2.10. The average molecular weight is 1340 g/mol. The van der Waals surface area contributed by atoms with Gasteiger partial charge in [0.15, 0.2) is 12.2 Å². The zero-order valence-electron chi connectivity index (χ0n) is 59.1. The molecule has 0 saturated carbocycles. The molecule has 0 aromatic rings. The molecule has 0 heterocycles. The lowest BCUT2D eigenvalue weighted by Crippen LogP contribution is -2.30. The Morgan fingerprint density at radius 1 is 0.297 bits per heavy atom. The van der Waals surface area contributed by atoms with Crippen LogP contribution in [-0.2, 0) is 65.4 Å². The van der Waals surface area contributed by atoms with E-state index in [-0.39, 0.29) is 25.7 Å². The summed E-state index contributed by atoms with van der Waals surface area (Å²) in [5, 5.41) is 10.6. The standard InChI is InChI=1S/C72H140O17P2/c1-7-9-11-13-15-17-23-32-38-44-50-56-71(76)88-67(60-82-69(74)54-48-42-36-28-16-14-12-10-8-2)62-86-90(78,79)84-58-66(73)59-85-91(80,81)87-63-68(61-83-70(75)55-49-43-37-31-27-22-25-30-35-41-47-53-65(5)6)89-72(77)57-51-45-39-33-26-21-19-18-20-24-29-34-40-46-52-64(3)4/h64-68,73H,7-63H2,1-6H3,(H,78,79)(H,80,81)/t66-,67+,68+/m0/s1. The first kappa shape index (κ1) is 89.1. The first-order valence-electron chi connectivity index (χ1n) is 37.5. The Balaban J connectivity index is 5.23. The molecule has 0 saturated heterocycles. The van der Waals surface area contributed by atoms with Crippen LogP contribution < -0.4 is 0 Å². The van der Waals surface area contributed by atoms with Crippen molar-refractivity contribution in [2.45, 2.75) is 387 Å². The molecule has 0 aliphatic carbocycles. The zero-order valence-corrected chi connectivity index (χ0v) is 60.9. The van der Waals surface area contributed by atoms with E-state index in [1.807, 2.05) is 0 Å². The van der Waals surface area contributed by atoms with Crippen LogP contribution in [0.4, 0.5) is 0 Å². The number of hydrogen-bond acceptors (Lipinski definition) is 15. The summed E-state index contributed by atoms with van der Waals surface area (Å²) in [7, 11) is -9.90. The molecule has 3 N–H and O–H groups in total. The second kappa shape index (κ2) is 64.1. The van der Waals surface area contributed by atoms with Crippen molar-refractivity contribution in [1.82, 2.24) is 0 Å². The Hall–Kier alpha value is -1.94. The summed E-state index contributed by atoms with van der Waals surface area (Å²) >= 11 is 0. The van der Waals surface area contributed by atoms with Crippen LogP contribution in [0.5, 0.6) is 0 Å². The van der Waals surface area contributed by atoms with Crippen LogP contribution in [0.25, 0.3) is 0 Å². The molecule has 0 aromatic carbocycles. The summed E-state index contributed by atoms with van der Waals surface area (Å²) in [6.45, 7) is 9.57. The number of carbonyl (C=O) groups is 4. The lowest BCUT2D eigenvalue weighted by atomic mass is 10.0. The van der Waals surface area contributed by atoms with Gasteiger partial charge in [0.25, 0.3) is 0 Å². The van der Waals surface area contributed by atoms with Crippen LogP contribution >= 0.6 is 15.6 Å². The maximum atomic E-state index is 13.0. The SMILES string of the molecule is CCCCCCCCCCCCCC(=O)O[C@H](COC(=O)CCCCCCCCCCC)COP(=O)(O)OC[C@H](O)COP(=O)(O)OC[C@@H](COC(=O)CCCCCCCCCCCCCC(C)C)OC(=O)CCCCCCCCCCCCCCCCC(C)C. The van der Waals surface area contributed by atoms with Crippen LogP contribution in [0.15, 0.2) is 0 Å². The van der Waals surface area contributed by atoms with Gasteiger partial charge in [-0.1, -0.05) is 318 Å². The van der Waals surface area contributed by atoms with Crippen molar-refractivity contribution in [2.75, 3.05) is 39.6 Å². The highest BCUT2D eigenvalue weighted by atomic mass is 31.2. The number of phosphoric acid groups is 2. The largest absolute Gasteiger partial charge is 0.472 e. The molecule has 0 aromatic heterocycles. The molecule has 0 fully saturated rings. The van der Waals surface area contributed by atoms with E-state index in [4.69, 9.17) is 37.0 Å². The van der Waals surface area contributed by atoms with Gasteiger partial charge in [0.05, 0.1) is 26.4 Å². The van der Waals surface area contributed by atoms with Gasteiger partial charge >= 0.3 is 39.5 Å². The minimum atomic E-state index is -4.95. The van der Waals surface area contributed by atoms with Gasteiger partial charge in [-0.25, -0.2) is 9.13 Å². The molecule has 17 nitrogen and oxygen atoms in total. The summed E-state index contributed by atoms with van der Waals surface area (Å²) in [5.74, 6) is -0.555. The van der Waals surface area contributed by atoms with E-state index in [1.54, 1.807) is 0 Å². The number of rotatable bonds is 71. The Bertz CT molecular complexity index is 1770. The Morgan fingerprint density at radius 2 is 0.505 bits per heavy atom. The van der Waals surface area contributed by atoms with Crippen LogP contribution in [0.3, 0.4) is 0 Å². The van der Waals surface area contributed by atoms with E-state index in [2.05, 4.69) is 41.5 Å². The van der Waals surface area contributed by atoms with Gasteiger partial charge in [-0.2, -0.15) is 0 Å². The molecule has 0 aliphatic rings. The van der Waals surface area contributed by atoms with Gasteiger partial charge in [-0.15, -0.1) is 0 Å². The number of aliphatic hydroxyl groups excluding tert-OH is 1. The fourth-order valence-corrected chi connectivity index (χ4v) is 12.5. The van der Waals surface area contributed by atoms with Crippen LogP contribution in [-0.4, -0.2) is 96.7 Å². The molecule has 0 amide bonds. The maximum absolute atomic E-state index is 13.0. The van der Waals surface area contributed by atoms with E-state index in [0.717, 1.165) is 102 Å². The molecule has 0 rings (SSSR count). The maximum Gasteiger partial charge on any atom is 0.472 e. The summed E-state index contributed by atoms with van der Waals surface area (Å²) in [5.41, 5.74) is 0. The first-order chi connectivity index (χ1) is 43.9. The van der Waals surface area contributed by atoms with E-state index in [1.165, 1.54) is 186 Å². The quantitative estimate of drug-likeness (QED) is 0.0222. The third-order valence-corrected chi connectivity index (χ3v) is 18.6. The Kier molecular flexibility index (Phi) is 62.7. The predicted octanol–water partition coefficient (Wildman–Crippen LogP) is 20.8. The number of esters is 4. The van der Waals surface area contributed by atoms with E-state index >= 15 is 0 Å². The van der Waals surface area contributed by atoms with Gasteiger partial charge in [0.2, 0.25) is 0 Å². The zero-order chi connectivity index (χ0) is 67.2. The Labute approximate surface area is 556 Å². The van der Waals surface area contributed by atoms with E-state index in [0.29, 0.717) is 25.7 Å². The van der Waals surface area contributed by atoms with Crippen LogP contribution in [0, 0.1) is 11.8 Å². The second-order valence-electron chi connectivity index (χ2n) is 26.9. The molecule has 0 radical (unpaired) electrons. The number of hydrogen-bond donors (Lipinski definition) is 3. The summed E-state index contributed by atoms with van der Waals surface area (Å²) in [4.78, 5) is 72.6. The topological polar surface area (TPSA) is 237 Å². The number of carbonyl (C=O) groups excluding carboxylic acids is 4. The third-order valence-electron chi connectivity index (χ3n) is 16.7.